The number of hydrogen-bond donors (Lipinski definition) is 0. The van der Waals surface area contributed by atoms with Gasteiger partial charge < -0.3 is 4.57 Å². The number of fused-ring (bicyclic) bond motifs is 1. The normalized spacial score (nSPS) is 21.8. The Kier molecular flexibility index (Phi) is 1.34. The smallest absolute Gasteiger partial charge is 0.132 e. The van der Waals surface area contributed by atoms with Crippen LogP contribution in [0.1, 0.15) is 18.4 Å². The Hall–Kier alpha value is -1.05. The maximum Gasteiger partial charge on any atom is 0.132 e. The van der Waals surface area contributed by atoms with Gasteiger partial charge >= 0.3 is 0 Å². The van der Waals surface area contributed by atoms with Gasteiger partial charge in [0.2, 0.25) is 0 Å². The zero-order valence-electron chi connectivity index (χ0n) is 6.91. The van der Waals surface area contributed by atoms with Gasteiger partial charge in [-0.3, -0.25) is 0 Å². The Morgan fingerprint density at radius 3 is 3.27 bits per heavy atom. The lowest BCUT2D eigenvalue weighted by molar-refractivity contribution is 0.555. The molecule has 0 aliphatic carbocycles. The van der Waals surface area contributed by atoms with Crippen LogP contribution >= 0.6 is 0 Å². The van der Waals surface area contributed by atoms with Gasteiger partial charge in [0.1, 0.15) is 5.82 Å². The van der Waals surface area contributed by atoms with E-state index in [0.29, 0.717) is 5.92 Å². The number of imidazole rings is 1. The molecule has 1 aromatic heterocycles. The topological polar surface area (TPSA) is 17.8 Å². The van der Waals surface area contributed by atoms with Gasteiger partial charge in [-0.2, -0.15) is 0 Å². The molecular formula is C9H12N2. The second kappa shape index (κ2) is 2.22. The molecule has 0 saturated heterocycles. The van der Waals surface area contributed by atoms with E-state index < -0.39 is 0 Å². The summed E-state index contributed by atoms with van der Waals surface area (Å²) in [7, 11) is 0. The van der Waals surface area contributed by atoms with Crippen LogP contribution in [0.3, 0.4) is 0 Å². The molecule has 0 N–H and O–H groups in total. The van der Waals surface area contributed by atoms with Crippen LogP contribution in [0.4, 0.5) is 0 Å². The van der Waals surface area contributed by atoms with Crippen LogP contribution in [0.15, 0.2) is 12.3 Å². The average Bonchev–Trinajstić information content (AvgIpc) is 2.27. The maximum absolute atomic E-state index is 4.36. The lowest BCUT2D eigenvalue weighted by Gasteiger charge is -2.13. The summed E-state index contributed by atoms with van der Waals surface area (Å²) in [6.07, 6.45) is 6.41. The zero-order valence-corrected chi connectivity index (χ0v) is 6.91. The van der Waals surface area contributed by atoms with E-state index in [1.54, 1.807) is 0 Å². The summed E-state index contributed by atoms with van der Waals surface area (Å²) in [5, 5.41) is 0. The minimum Gasteiger partial charge on any atom is -0.331 e. The van der Waals surface area contributed by atoms with Gasteiger partial charge in [0.25, 0.3) is 0 Å². The van der Waals surface area contributed by atoms with E-state index in [1.807, 2.05) is 6.92 Å². The second-order valence-corrected chi connectivity index (χ2v) is 3.23. The summed E-state index contributed by atoms with van der Waals surface area (Å²) in [6.45, 7) is 5.32. The van der Waals surface area contributed by atoms with Gasteiger partial charge in [-0.1, -0.05) is 13.0 Å². The van der Waals surface area contributed by atoms with Crippen molar-refractivity contribution in [2.24, 2.45) is 5.92 Å². The monoisotopic (exact) mass is 148 g/mol. The highest BCUT2D eigenvalue weighted by Crippen LogP contribution is 2.15. The quantitative estimate of drug-likeness (QED) is 0.549. The number of aryl methyl sites for hydroxylation is 1. The lowest BCUT2D eigenvalue weighted by Crippen LogP contribution is -2.09. The summed E-state index contributed by atoms with van der Waals surface area (Å²) < 4.78 is 2.21. The summed E-state index contributed by atoms with van der Waals surface area (Å²) in [5.74, 6) is 1.75. The first-order chi connectivity index (χ1) is 5.25. The van der Waals surface area contributed by atoms with Crippen molar-refractivity contribution in [3.05, 3.63) is 23.8 Å². The van der Waals surface area contributed by atoms with Crippen molar-refractivity contribution in [2.45, 2.75) is 20.4 Å². The molecule has 1 aromatic rings. The minimum absolute atomic E-state index is 0.649. The first-order valence-electron chi connectivity index (χ1n) is 3.97. The SMILES string of the molecule is Cc1cn2c(n1)C=CC(C)C2. The molecule has 2 rings (SSSR count). The molecule has 1 unspecified atom stereocenters. The predicted molar refractivity (Wildman–Crippen MR) is 45.2 cm³/mol. The van der Waals surface area contributed by atoms with Crippen molar-refractivity contribution in [1.82, 2.24) is 9.55 Å². The fraction of sp³-hybridized carbons (Fsp3) is 0.444. The molecule has 1 aliphatic heterocycles. The predicted octanol–water partition coefficient (Wildman–Crippen LogP) is 1.85. The molecule has 0 radical (unpaired) electrons. The maximum atomic E-state index is 4.36. The number of rotatable bonds is 0. The molecule has 0 bridgehead atoms. The first kappa shape index (κ1) is 6.65. The molecule has 58 valence electrons. The van der Waals surface area contributed by atoms with E-state index in [4.69, 9.17) is 0 Å². The Bertz CT molecular complexity index is 297. The Morgan fingerprint density at radius 2 is 2.45 bits per heavy atom. The number of aromatic nitrogens is 2. The Balaban J connectivity index is 2.44. The van der Waals surface area contributed by atoms with E-state index in [2.05, 4.69) is 34.8 Å². The van der Waals surface area contributed by atoms with Crippen molar-refractivity contribution in [3.63, 3.8) is 0 Å². The van der Waals surface area contributed by atoms with Gasteiger partial charge in [-0.25, -0.2) is 4.98 Å². The number of nitrogens with zero attached hydrogens (tertiary/aromatic N) is 2. The van der Waals surface area contributed by atoms with Crippen molar-refractivity contribution in [1.29, 1.82) is 0 Å². The summed E-state index contributed by atoms with van der Waals surface area (Å²) in [4.78, 5) is 4.36. The standard InChI is InChI=1S/C9H12N2/c1-7-3-4-9-10-8(2)6-11(9)5-7/h3-4,6-7H,5H2,1-2H3. The molecule has 11 heavy (non-hydrogen) atoms. The van der Waals surface area contributed by atoms with E-state index >= 15 is 0 Å². The van der Waals surface area contributed by atoms with Crippen LogP contribution in [0.2, 0.25) is 0 Å². The molecule has 0 aromatic carbocycles. The van der Waals surface area contributed by atoms with Crippen LogP contribution < -0.4 is 0 Å². The fourth-order valence-electron chi connectivity index (χ4n) is 1.47. The van der Waals surface area contributed by atoms with Crippen molar-refractivity contribution in [3.8, 4) is 0 Å². The van der Waals surface area contributed by atoms with Gasteiger partial charge in [0.15, 0.2) is 0 Å². The van der Waals surface area contributed by atoms with Crippen LogP contribution in [0, 0.1) is 12.8 Å². The molecule has 1 atom stereocenters. The van der Waals surface area contributed by atoms with Crippen molar-refractivity contribution in [2.75, 3.05) is 0 Å². The van der Waals surface area contributed by atoms with Gasteiger partial charge in [-0.15, -0.1) is 0 Å². The van der Waals surface area contributed by atoms with Crippen molar-refractivity contribution < 1.29 is 0 Å². The highest BCUT2D eigenvalue weighted by atomic mass is 15.1. The molecule has 0 amide bonds. The molecule has 0 spiro atoms. The highest BCUT2D eigenvalue weighted by Gasteiger charge is 2.09. The summed E-state index contributed by atoms with van der Waals surface area (Å²) in [6, 6.07) is 0. The average molecular weight is 148 g/mol. The third-order valence-corrected chi connectivity index (χ3v) is 1.99. The molecule has 2 heterocycles. The zero-order chi connectivity index (χ0) is 7.84. The first-order valence-corrected chi connectivity index (χ1v) is 3.97. The lowest BCUT2D eigenvalue weighted by atomic mass is 10.1. The molecule has 0 fully saturated rings. The van der Waals surface area contributed by atoms with Crippen LogP contribution in [0.25, 0.3) is 6.08 Å². The molecule has 2 nitrogen and oxygen atoms in total. The third-order valence-electron chi connectivity index (χ3n) is 1.99. The van der Waals surface area contributed by atoms with Crippen LogP contribution in [-0.2, 0) is 6.54 Å². The van der Waals surface area contributed by atoms with E-state index in [9.17, 15) is 0 Å². The summed E-state index contributed by atoms with van der Waals surface area (Å²) >= 11 is 0. The molecule has 0 saturated carbocycles. The Labute approximate surface area is 66.6 Å². The fourth-order valence-corrected chi connectivity index (χ4v) is 1.47. The van der Waals surface area contributed by atoms with Crippen LogP contribution in [-0.4, -0.2) is 9.55 Å². The number of hydrogen-bond acceptors (Lipinski definition) is 1. The third kappa shape index (κ3) is 1.09. The minimum atomic E-state index is 0.649. The molecule has 1 aliphatic rings. The van der Waals surface area contributed by atoms with Gasteiger partial charge in [0, 0.05) is 12.7 Å². The Morgan fingerprint density at radius 1 is 1.64 bits per heavy atom. The largest absolute Gasteiger partial charge is 0.331 e. The van der Waals surface area contributed by atoms with E-state index in [0.717, 1.165) is 18.1 Å². The van der Waals surface area contributed by atoms with Crippen molar-refractivity contribution >= 4 is 6.08 Å². The highest BCUT2D eigenvalue weighted by molar-refractivity contribution is 5.43. The number of allylic oxidation sites excluding steroid dienone is 1. The van der Waals surface area contributed by atoms with E-state index in [1.165, 1.54) is 0 Å². The van der Waals surface area contributed by atoms with Crippen LogP contribution in [0.5, 0.6) is 0 Å². The second-order valence-electron chi connectivity index (χ2n) is 3.23. The van der Waals surface area contributed by atoms with E-state index in [-0.39, 0.29) is 0 Å². The summed E-state index contributed by atoms with van der Waals surface area (Å²) in [5.41, 5.74) is 1.11. The molecular weight excluding hydrogens is 136 g/mol. The molecule has 2 heteroatoms. The van der Waals surface area contributed by atoms with Gasteiger partial charge in [-0.05, 0) is 18.9 Å². The van der Waals surface area contributed by atoms with Gasteiger partial charge in [0.05, 0.1) is 5.69 Å².